The third-order valence-electron chi connectivity index (χ3n) is 5.45. The predicted octanol–water partition coefficient (Wildman–Crippen LogP) is 1.82. The van der Waals surface area contributed by atoms with Crippen LogP contribution >= 0.6 is 0 Å². The summed E-state index contributed by atoms with van der Waals surface area (Å²) in [6, 6.07) is 6.00. The van der Waals surface area contributed by atoms with Gasteiger partial charge in [0.1, 0.15) is 12.2 Å². The van der Waals surface area contributed by atoms with Gasteiger partial charge in [0.15, 0.2) is 0 Å². The molecule has 8 heteroatoms. The van der Waals surface area contributed by atoms with E-state index in [2.05, 4.69) is 25.3 Å². The third-order valence-corrected chi connectivity index (χ3v) is 5.45. The number of aliphatic imine (C=N–C) groups is 1. The van der Waals surface area contributed by atoms with Crippen molar-refractivity contribution in [3.05, 3.63) is 47.9 Å². The number of fused-ring (bicyclic) bond motifs is 4. The average molecular weight is 375 g/mol. The molecule has 5 rings (SSSR count). The molecule has 0 atom stereocenters. The molecule has 2 aromatic heterocycles. The number of carbonyl (C=O) groups excluding carboxylic acids is 1. The van der Waals surface area contributed by atoms with E-state index in [0.29, 0.717) is 6.54 Å². The van der Waals surface area contributed by atoms with Crippen LogP contribution in [-0.4, -0.2) is 69.9 Å². The van der Waals surface area contributed by atoms with Crippen LogP contribution < -0.4 is 5.32 Å². The van der Waals surface area contributed by atoms with Crippen molar-refractivity contribution < 1.29 is 4.79 Å². The van der Waals surface area contributed by atoms with Gasteiger partial charge in [-0.15, -0.1) is 0 Å². The SMILES string of the molecule is CC(=O)N1CCN(N2C=NC3=C(C2)c2ccncc2Nc2ncccc23)CC1. The Balaban J connectivity index is 1.49. The van der Waals surface area contributed by atoms with Crippen molar-refractivity contribution in [2.75, 3.05) is 38.0 Å². The second-order valence-corrected chi connectivity index (χ2v) is 7.07. The smallest absolute Gasteiger partial charge is 0.219 e. The van der Waals surface area contributed by atoms with Crippen molar-refractivity contribution in [3.63, 3.8) is 0 Å². The number of nitrogens with one attached hydrogen (secondary N) is 1. The van der Waals surface area contributed by atoms with E-state index in [4.69, 9.17) is 4.99 Å². The van der Waals surface area contributed by atoms with Crippen molar-refractivity contribution in [1.29, 1.82) is 0 Å². The summed E-state index contributed by atoms with van der Waals surface area (Å²) in [6.45, 7) is 5.42. The number of nitrogens with zero attached hydrogens (tertiary/aromatic N) is 6. The first-order valence-corrected chi connectivity index (χ1v) is 9.42. The Morgan fingerprint density at radius 1 is 1.11 bits per heavy atom. The minimum Gasteiger partial charge on any atom is -0.340 e. The van der Waals surface area contributed by atoms with E-state index in [9.17, 15) is 4.79 Å². The summed E-state index contributed by atoms with van der Waals surface area (Å²) < 4.78 is 0. The van der Waals surface area contributed by atoms with Crippen molar-refractivity contribution in [2.24, 2.45) is 4.99 Å². The van der Waals surface area contributed by atoms with Crippen LogP contribution in [0.25, 0.3) is 11.3 Å². The van der Waals surface area contributed by atoms with E-state index in [-0.39, 0.29) is 5.91 Å². The maximum Gasteiger partial charge on any atom is 0.219 e. The topological polar surface area (TPSA) is 77.0 Å². The predicted molar refractivity (Wildman–Crippen MR) is 108 cm³/mol. The number of hydrazine groups is 1. The van der Waals surface area contributed by atoms with E-state index in [1.54, 1.807) is 13.1 Å². The molecular weight excluding hydrogens is 354 g/mol. The number of anilines is 2. The minimum atomic E-state index is 0.136. The molecule has 0 radical (unpaired) electrons. The molecular formula is C20H21N7O. The fraction of sp³-hybridized carbons (Fsp3) is 0.300. The van der Waals surface area contributed by atoms with Crippen LogP contribution in [0.15, 0.2) is 41.8 Å². The molecule has 3 aliphatic heterocycles. The van der Waals surface area contributed by atoms with Crippen LogP contribution in [0.1, 0.15) is 18.1 Å². The van der Waals surface area contributed by atoms with E-state index < -0.39 is 0 Å². The van der Waals surface area contributed by atoms with E-state index in [1.165, 1.54) is 0 Å². The number of hydrogen-bond donors (Lipinski definition) is 1. The summed E-state index contributed by atoms with van der Waals surface area (Å²) >= 11 is 0. The molecule has 3 aliphatic rings. The van der Waals surface area contributed by atoms with Gasteiger partial charge in [-0.05, 0) is 18.2 Å². The Hall–Kier alpha value is -3.26. The summed E-state index contributed by atoms with van der Waals surface area (Å²) in [4.78, 5) is 27.1. The molecule has 1 fully saturated rings. The molecule has 0 bridgehead atoms. The molecule has 0 saturated carbocycles. The number of carbonyl (C=O) groups is 1. The van der Waals surface area contributed by atoms with Gasteiger partial charge < -0.3 is 10.2 Å². The molecule has 0 spiro atoms. The molecule has 1 N–H and O–H groups in total. The van der Waals surface area contributed by atoms with Gasteiger partial charge in [0.2, 0.25) is 5.91 Å². The number of rotatable bonds is 1. The molecule has 8 nitrogen and oxygen atoms in total. The van der Waals surface area contributed by atoms with E-state index in [0.717, 1.165) is 60.1 Å². The quantitative estimate of drug-likeness (QED) is 0.819. The fourth-order valence-corrected chi connectivity index (χ4v) is 3.95. The van der Waals surface area contributed by atoms with Gasteiger partial charge in [-0.1, -0.05) is 0 Å². The van der Waals surface area contributed by atoms with Crippen molar-refractivity contribution in [2.45, 2.75) is 6.92 Å². The molecule has 28 heavy (non-hydrogen) atoms. The first-order chi connectivity index (χ1) is 13.7. The Bertz CT molecular complexity index is 992. The summed E-state index contributed by atoms with van der Waals surface area (Å²) in [5.74, 6) is 0.930. The molecule has 5 heterocycles. The third kappa shape index (κ3) is 2.82. The number of amides is 1. The average Bonchev–Trinajstić information content (AvgIpc) is 2.88. The van der Waals surface area contributed by atoms with Gasteiger partial charge in [0.05, 0.1) is 24.1 Å². The monoisotopic (exact) mass is 375 g/mol. The zero-order chi connectivity index (χ0) is 19.1. The minimum absolute atomic E-state index is 0.136. The number of pyridine rings is 2. The lowest BCUT2D eigenvalue weighted by molar-refractivity contribution is -0.132. The number of piperazine rings is 1. The molecule has 1 amide bonds. The summed E-state index contributed by atoms with van der Waals surface area (Å²) in [7, 11) is 0. The standard InChI is InChI=1S/C20H21N7O/c1-14(28)25-7-9-26(10-8-25)27-12-17-15-4-6-21-11-18(15)24-20-16(3-2-5-22-20)19(17)23-13-27/h2-6,11,13H,7-10,12H2,1H3,(H,22,24). The van der Waals surface area contributed by atoms with Crippen molar-refractivity contribution in [1.82, 2.24) is 24.9 Å². The first-order valence-electron chi connectivity index (χ1n) is 9.42. The lowest BCUT2D eigenvalue weighted by Crippen LogP contribution is -2.55. The zero-order valence-electron chi connectivity index (χ0n) is 15.7. The second kappa shape index (κ2) is 6.72. The summed E-state index contributed by atoms with van der Waals surface area (Å²) in [6.07, 6.45) is 7.31. The van der Waals surface area contributed by atoms with Gasteiger partial charge in [0.25, 0.3) is 0 Å². The molecule has 1 saturated heterocycles. The molecule has 0 aliphatic carbocycles. The molecule has 142 valence electrons. The van der Waals surface area contributed by atoms with Gasteiger partial charge in [0, 0.05) is 62.2 Å². The van der Waals surface area contributed by atoms with Crippen LogP contribution in [0.2, 0.25) is 0 Å². The first kappa shape index (κ1) is 16.9. The molecule has 0 unspecified atom stereocenters. The highest BCUT2D eigenvalue weighted by molar-refractivity contribution is 6.03. The lowest BCUT2D eigenvalue weighted by Gasteiger charge is -2.41. The largest absolute Gasteiger partial charge is 0.340 e. The number of hydrogen-bond acceptors (Lipinski definition) is 7. The van der Waals surface area contributed by atoms with Crippen LogP contribution in [-0.2, 0) is 4.79 Å². The highest BCUT2D eigenvalue weighted by atomic mass is 16.2. The Morgan fingerprint density at radius 2 is 1.96 bits per heavy atom. The Morgan fingerprint density at radius 3 is 2.79 bits per heavy atom. The maximum absolute atomic E-state index is 11.6. The maximum atomic E-state index is 11.6. The highest BCUT2D eigenvalue weighted by Gasteiger charge is 2.29. The second-order valence-electron chi connectivity index (χ2n) is 7.07. The van der Waals surface area contributed by atoms with Gasteiger partial charge in [-0.25, -0.2) is 15.0 Å². The normalized spacial score (nSPS) is 18.8. The highest BCUT2D eigenvalue weighted by Crippen LogP contribution is 2.40. The Kier molecular flexibility index (Phi) is 4.05. The zero-order valence-corrected chi connectivity index (χ0v) is 15.7. The van der Waals surface area contributed by atoms with Gasteiger partial charge in [-0.2, -0.15) is 0 Å². The number of aromatic nitrogens is 2. The van der Waals surface area contributed by atoms with Crippen LogP contribution in [0.5, 0.6) is 0 Å². The molecule has 0 aromatic carbocycles. The van der Waals surface area contributed by atoms with Gasteiger partial charge in [-0.3, -0.25) is 14.8 Å². The van der Waals surface area contributed by atoms with Crippen LogP contribution in [0, 0.1) is 0 Å². The fourth-order valence-electron chi connectivity index (χ4n) is 3.95. The van der Waals surface area contributed by atoms with Gasteiger partial charge >= 0.3 is 0 Å². The van der Waals surface area contributed by atoms with Crippen molar-refractivity contribution >= 4 is 35.0 Å². The summed E-state index contributed by atoms with van der Waals surface area (Å²) in [5.41, 5.74) is 5.11. The van der Waals surface area contributed by atoms with E-state index >= 15 is 0 Å². The molecule has 2 aromatic rings. The van der Waals surface area contributed by atoms with E-state index in [1.807, 2.05) is 41.8 Å². The van der Waals surface area contributed by atoms with Crippen molar-refractivity contribution in [3.8, 4) is 0 Å². The van der Waals surface area contributed by atoms with Crippen LogP contribution in [0.3, 0.4) is 0 Å². The Labute approximate surface area is 163 Å². The summed E-state index contributed by atoms with van der Waals surface area (Å²) in [5, 5.41) is 7.82. The van der Waals surface area contributed by atoms with Crippen LogP contribution in [0.4, 0.5) is 11.5 Å². The lowest BCUT2D eigenvalue weighted by atomic mass is 10.00.